The maximum atomic E-state index is 11.6. The lowest BCUT2D eigenvalue weighted by molar-refractivity contribution is 0.0949. The molecule has 5 heteroatoms. The first kappa shape index (κ1) is 13.0. The van der Waals surface area contributed by atoms with Crippen LogP contribution in [-0.2, 0) is 13.5 Å². The number of carbonyl (C=O) groups excluding carboxylic acids is 1. The molecule has 0 fully saturated rings. The molecule has 98 valence electrons. The molecule has 1 aromatic carbocycles. The van der Waals surface area contributed by atoms with Crippen molar-refractivity contribution in [3.63, 3.8) is 0 Å². The van der Waals surface area contributed by atoms with Gasteiger partial charge in [-0.25, -0.2) is 5.43 Å². The van der Waals surface area contributed by atoms with Gasteiger partial charge in [-0.05, 0) is 23.6 Å². The molecular formula is C14H16N4O. The van der Waals surface area contributed by atoms with Gasteiger partial charge in [-0.3, -0.25) is 9.48 Å². The lowest BCUT2D eigenvalue weighted by Crippen LogP contribution is -2.18. The monoisotopic (exact) mass is 256 g/mol. The van der Waals surface area contributed by atoms with Gasteiger partial charge in [0, 0.05) is 13.2 Å². The highest BCUT2D eigenvalue weighted by atomic mass is 16.2. The van der Waals surface area contributed by atoms with Crippen molar-refractivity contribution < 1.29 is 4.79 Å². The Morgan fingerprint density at radius 2 is 2.11 bits per heavy atom. The van der Waals surface area contributed by atoms with E-state index >= 15 is 0 Å². The van der Waals surface area contributed by atoms with E-state index in [1.807, 2.05) is 24.3 Å². The SMILES string of the molecule is CCc1ccc(C=NNC(=O)c2ccn(C)n2)cc1. The van der Waals surface area contributed by atoms with E-state index in [1.54, 1.807) is 30.2 Å². The molecule has 0 aliphatic carbocycles. The van der Waals surface area contributed by atoms with E-state index in [9.17, 15) is 4.79 Å². The van der Waals surface area contributed by atoms with Crippen LogP contribution in [0.4, 0.5) is 0 Å². The van der Waals surface area contributed by atoms with Crippen molar-refractivity contribution in [3.05, 3.63) is 53.3 Å². The van der Waals surface area contributed by atoms with Crippen LogP contribution < -0.4 is 5.43 Å². The summed E-state index contributed by atoms with van der Waals surface area (Å²) in [5.74, 6) is -0.318. The summed E-state index contributed by atoms with van der Waals surface area (Å²) in [6, 6.07) is 9.66. The first-order valence-corrected chi connectivity index (χ1v) is 6.11. The quantitative estimate of drug-likeness (QED) is 0.669. The summed E-state index contributed by atoms with van der Waals surface area (Å²) in [6.07, 6.45) is 4.33. The zero-order chi connectivity index (χ0) is 13.7. The second-order valence-electron chi connectivity index (χ2n) is 4.17. The van der Waals surface area contributed by atoms with Crippen molar-refractivity contribution >= 4 is 12.1 Å². The average Bonchev–Trinajstić information content (AvgIpc) is 2.86. The van der Waals surface area contributed by atoms with Gasteiger partial charge in [0.1, 0.15) is 0 Å². The standard InChI is InChI=1S/C14H16N4O/c1-3-11-4-6-12(7-5-11)10-15-16-14(19)13-8-9-18(2)17-13/h4-10H,3H2,1-2H3,(H,16,19). The van der Waals surface area contributed by atoms with Gasteiger partial charge in [0.2, 0.25) is 0 Å². The zero-order valence-electron chi connectivity index (χ0n) is 11.0. The fourth-order valence-electron chi connectivity index (χ4n) is 1.60. The smallest absolute Gasteiger partial charge is 0.275 e. The number of amides is 1. The molecular weight excluding hydrogens is 240 g/mol. The van der Waals surface area contributed by atoms with E-state index in [4.69, 9.17) is 0 Å². The molecule has 19 heavy (non-hydrogen) atoms. The van der Waals surface area contributed by atoms with Crippen LogP contribution in [0.15, 0.2) is 41.6 Å². The minimum atomic E-state index is -0.318. The topological polar surface area (TPSA) is 59.3 Å². The second kappa shape index (κ2) is 5.95. The normalized spacial score (nSPS) is 10.8. The number of hydrazone groups is 1. The number of nitrogens with one attached hydrogen (secondary N) is 1. The third kappa shape index (κ3) is 3.51. The molecule has 1 heterocycles. The Hall–Kier alpha value is -2.43. The number of rotatable bonds is 4. The summed E-state index contributed by atoms with van der Waals surface area (Å²) in [5.41, 5.74) is 5.01. The molecule has 2 rings (SSSR count). The van der Waals surface area contributed by atoms with Gasteiger partial charge in [-0.2, -0.15) is 10.2 Å². The van der Waals surface area contributed by atoms with Crippen molar-refractivity contribution in [2.45, 2.75) is 13.3 Å². The molecule has 1 N–H and O–H groups in total. The van der Waals surface area contributed by atoms with Gasteiger partial charge in [0.05, 0.1) is 6.21 Å². The molecule has 0 bridgehead atoms. The average molecular weight is 256 g/mol. The molecule has 1 aromatic heterocycles. The third-order valence-electron chi connectivity index (χ3n) is 2.71. The molecule has 0 saturated carbocycles. The predicted molar refractivity (Wildman–Crippen MR) is 74.1 cm³/mol. The highest BCUT2D eigenvalue weighted by Gasteiger charge is 2.06. The molecule has 0 atom stereocenters. The van der Waals surface area contributed by atoms with Gasteiger partial charge < -0.3 is 0 Å². The highest BCUT2D eigenvalue weighted by Crippen LogP contribution is 2.02. The van der Waals surface area contributed by atoms with E-state index < -0.39 is 0 Å². The van der Waals surface area contributed by atoms with Crippen LogP contribution >= 0.6 is 0 Å². The first-order valence-electron chi connectivity index (χ1n) is 6.11. The number of benzene rings is 1. The second-order valence-corrected chi connectivity index (χ2v) is 4.17. The van der Waals surface area contributed by atoms with Crippen LogP contribution in [0.1, 0.15) is 28.5 Å². The van der Waals surface area contributed by atoms with Crippen LogP contribution in [0.5, 0.6) is 0 Å². The van der Waals surface area contributed by atoms with Gasteiger partial charge in [-0.1, -0.05) is 31.2 Å². The molecule has 5 nitrogen and oxygen atoms in total. The van der Waals surface area contributed by atoms with Gasteiger partial charge in [0.15, 0.2) is 5.69 Å². The Kier molecular flexibility index (Phi) is 4.07. The number of aromatic nitrogens is 2. The number of aryl methyl sites for hydroxylation is 2. The van der Waals surface area contributed by atoms with Gasteiger partial charge in [-0.15, -0.1) is 0 Å². The Bertz CT molecular complexity index is 584. The Balaban J connectivity index is 1.94. The molecule has 1 amide bonds. The summed E-state index contributed by atoms with van der Waals surface area (Å²) in [5, 5.41) is 7.90. The van der Waals surface area contributed by atoms with Crippen LogP contribution in [0, 0.1) is 0 Å². The zero-order valence-corrected chi connectivity index (χ0v) is 11.0. The van der Waals surface area contributed by atoms with Crippen LogP contribution in [0.3, 0.4) is 0 Å². The maximum absolute atomic E-state index is 11.6. The van der Waals surface area contributed by atoms with Crippen LogP contribution in [0.2, 0.25) is 0 Å². The van der Waals surface area contributed by atoms with E-state index in [2.05, 4.69) is 22.5 Å². The Morgan fingerprint density at radius 1 is 1.37 bits per heavy atom. The molecule has 0 radical (unpaired) electrons. The van der Waals surface area contributed by atoms with Crippen LogP contribution in [-0.4, -0.2) is 21.9 Å². The van der Waals surface area contributed by atoms with Gasteiger partial charge in [0.25, 0.3) is 5.91 Å². The molecule has 2 aromatic rings. The van der Waals surface area contributed by atoms with Crippen molar-refractivity contribution in [1.29, 1.82) is 0 Å². The minimum absolute atomic E-state index is 0.318. The summed E-state index contributed by atoms with van der Waals surface area (Å²) < 4.78 is 1.57. The largest absolute Gasteiger partial charge is 0.291 e. The van der Waals surface area contributed by atoms with E-state index in [0.29, 0.717) is 5.69 Å². The number of hydrogen-bond acceptors (Lipinski definition) is 3. The lowest BCUT2D eigenvalue weighted by atomic mass is 10.1. The summed E-state index contributed by atoms with van der Waals surface area (Å²) in [6.45, 7) is 2.11. The minimum Gasteiger partial charge on any atom is -0.275 e. The fourth-order valence-corrected chi connectivity index (χ4v) is 1.60. The fraction of sp³-hybridized carbons (Fsp3) is 0.214. The van der Waals surface area contributed by atoms with Crippen molar-refractivity contribution in [2.24, 2.45) is 12.1 Å². The molecule has 0 spiro atoms. The highest BCUT2D eigenvalue weighted by molar-refractivity contribution is 5.92. The first-order chi connectivity index (χ1) is 9.19. The molecule has 0 unspecified atom stereocenters. The maximum Gasteiger partial charge on any atom is 0.291 e. The summed E-state index contributed by atoms with van der Waals surface area (Å²) in [7, 11) is 1.76. The third-order valence-corrected chi connectivity index (χ3v) is 2.71. The van der Waals surface area contributed by atoms with Crippen molar-refractivity contribution in [2.75, 3.05) is 0 Å². The van der Waals surface area contributed by atoms with E-state index in [0.717, 1.165) is 12.0 Å². The summed E-state index contributed by atoms with van der Waals surface area (Å²) in [4.78, 5) is 11.6. The van der Waals surface area contributed by atoms with Crippen LogP contribution in [0.25, 0.3) is 0 Å². The lowest BCUT2D eigenvalue weighted by Gasteiger charge is -1.98. The van der Waals surface area contributed by atoms with Crippen molar-refractivity contribution in [1.82, 2.24) is 15.2 Å². The van der Waals surface area contributed by atoms with Gasteiger partial charge >= 0.3 is 0 Å². The van der Waals surface area contributed by atoms with Crippen molar-refractivity contribution in [3.8, 4) is 0 Å². The predicted octanol–water partition coefficient (Wildman–Crippen LogP) is 1.75. The van der Waals surface area contributed by atoms with E-state index in [-0.39, 0.29) is 5.91 Å². The Morgan fingerprint density at radius 3 is 2.68 bits per heavy atom. The number of nitrogens with zero attached hydrogens (tertiary/aromatic N) is 3. The molecule has 0 saturated heterocycles. The Labute approximate surface area is 111 Å². The number of carbonyl (C=O) groups is 1. The number of hydrogen-bond donors (Lipinski definition) is 1. The molecule has 0 aliphatic heterocycles. The van der Waals surface area contributed by atoms with E-state index in [1.165, 1.54) is 5.56 Å². The molecule has 0 aliphatic rings. The summed E-state index contributed by atoms with van der Waals surface area (Å²) >= 11 is 0.